The lowest BCUT2D eigenvalue weighted by atomic mass is 10.0. The minimum atomic E-state index is -0.0836. The van der Waals surface area contributed by atoms with E-state index in [4.69, 9.17) is 4.42 Å². The van der Waals surface area contributed by atoms with Crippen molar-refractivity contribution in [3.63, 3.8) is 0 Å². The van der Waals surface area contributed by atoms with Crippen molar-refractivity contribution in [3.05, 3.63) is 114 Å². The van der Waals surface area contributed by atoms with Crippen LogP contribution in [0.5, 0.6) is 0 Å². The van der Waals surface area contributed by atoms with Crippen LogP contribution >= 0.6 is 0 Å². The van der Waals surface area contributed by atoms with E-state index < -0.39 is 0 Å². The molecule has 0 aliphatic carbocycles. The predicted octanol–water partition coefficient (Wildman–Crippen LogP) is 5.40. The van der Waals surface area contributed by atoms with E-state index in [-0.39, 0.29) is 18.1 Å². The normalized spacial score (nSPS) is 10.8. The van der Waals surface area contributed by atoms with Gasteiger partial charge in [0.25, 0.3) is 6.01 Å². The first-order chi connectivity index (χ1) is 17.1. The lowest BCUT2D eigenvalue weighted by Gasteiger charge is -2.17. The van der Waals surface area contributed by atoms with Crippen molar-refractivity contribution in [1.82, 2.24) is 9.97 Å². The lowest BCUT2D eigenvalue weighted by molar-refractivity contribution is -0.117. The number of carbonyl (C=O) groups excluding carboxylic acids is 2. The van der Waals surface area contributed by atoms with Gasteiger partial charge in [-0.25, -0.2) is 0 Å². The van der Waals surface area contributed by atoms with Gasteiger partial charge in [0.05, 0.1) is 18.3 Å². The number of nitrogens with one attached hydrogen (secondary N) is 1. The first-order valence-corrected chi connectivity index (χ1v) is 11.1. The van der Waals surface area contributed by atoms with Crippen molar-refractivity contribution in [2.45, 2.75) is 6.42 Å². The maximum Gasteiger partial charge on any atom is 0.300 e. The monoisotopic (exact) mass is 462 g/mol. The summed E-state index contributed by atoms with van der Waals surface area (Å²) in [7, 11) is 1.72. The third kappa shape index (κ3) is 4.94. The number of hydrogen-bond acceptors (Lipinski definition) is 6. The maximum absolute atomic E-state index is 12.9. The fourth-order valence-corrected chi connectivity index (χ4v) is 3.72. The molecule has 0 radical (unpaired) electrons. The van der Waals surface area contributed by atoms with Gasteiger partial charge in [-0.1, -0.05) is 36.4 Å². The molecule has 0 saturated carbocycles. The van der Waals surface area contributed by atoms with Gasteiger partial charge in [0.15, 0.2) is 11.4 Å². The number of likely N-dealkylation sites (N-methyl/N-ethyl adjacent to an activating group) is 1. The number of aromatic nitrogens is 2. The molecule has 0 fully saturated rings. The van der Waals surface area contributed by atoms with Crippen molar-refractivity contribution < 1.29 is 14.0 Å². The van der Waals surface area contributed by atoms with Crippen LogP contribution in [-0.4, -0.2) is 28.7 Å². The van der Waals surface area contributed by atoms with E-state index in [2.05, 4.69) is 15.3 Å². The van der Waals surface area contributed by atoms with Crippen molar-refractivity contribution in [3.8, 4) is 0 Å². The first-order valence-electron chi connectivity index (χ1n) is 11.1. The van der Waals surface area contributed by atoms with Gasteiger partial charge < -0.3 is 14.6 Å². The number of anilines is 3. The van der Waals surface area contributed by atoms with Gasteiger partial charge in [-0.15, -0.1) is 0 Å². The topological polar surface area (TPSA) is 88.3 Å². The summed E-state index contributed by atoms with van der Waals surface area (Å²) in [6.45, 7) is 0. The average Bonchev–Trinajstić information content (AvgIpc) is 3.30. The SMILES string of the molecule is CN(C(=O)Cc1ccc2nc(Nc3cccnc3)oc2c1)c1ccc(C(=O)c2ccccc2)cc1. The van der Waals surface area contributed by atoms with Crippen LogP contribution in [0.4, 0.5) is 17.4 Å². The Hall–Kier alpha value is -4.78. The molecular formula is C28H22N4O3. The number of benzene rings is 3. The highest BCUT2D eigenvalue weighted by Gasteiger charge is 2.15. The average molecular weight is 463 g/mol. The molecule has 0 unspecified atom stereocenters. The zero-order valence-electron chi connectivity index (χ0n) is 19.0. The summed E-state index contributed by atoms with van der Waals surface area (Å²) in [5.74, 6) is -0.136. The quantitative estimate of drug-likeness (QED) is 0.326. The Kier molecular flexibility index (Phi) is 6.05. The standard InChI is InChI=1S/C28H22N4O3/c1-32(23-12-10-21(11-13-23)27(34)20-6-3-2-4-7-20)26(33)17-19-9-14-24-25(16-19)35-28(31-24)30-22-8-5-15-29-18-22/h2-16,18H,17H2,1H3,(H,30,31). The number of nitrogens with zero attached hydrogens (tertiary/aromatic N) is 3. The van der Waals surface area contributed by atoms with Crippen LogP contribution in [0, 0.1) is 0 Å². The molecule has 7 heteroatoms. The molecule has 0 aliphatic heterocycles. The number of pyridine rings is 1. The highest BCUT2D eigenvalue weighted by Crippen LogP contribution is 2.24. The van der Waals surface area contributed by atoms with Crippen molar-refractivity contribution >= 4 is 40.2 Å². The molecular weight excluding hydrogens is 440 g/mol. The van der Waals surface area contributed by atoms with E-state index in [0.29, 0.717) is 33.9 Å². The predicted molar refractivity (Wildman–Crippen MR) is 135 cm³/mol. The van der Waals surface area contributed by atoms with Crippen molar-refractivity contribution in [2.24, 2.45) is 0 Å². The maximum atomic E-state index is 12.9. The molecule has 35 heavy (non-hydrogen) atoms. The summed E-state index contributed by atoms with van der Waals surface area (Å²) in [6.07, 6.45) is 3.57. The van der Waals surface area contributed by atoms with Crippen LogP contribution < -0.4 is 10.2 Å². The largest absolute Gasteiger partial charge is 0.423 e. The molecule has 0 spiro atoms. The van der Waals surface area contributed by atoms with Crippen LogP contribution in [0.25, 0.3) is 11.1 Å². The van der Waals surface area contributed by atoms with Gasteiger partial charge in [-0.2, -0.15) is 4.98 Å². The Morgan fingerprint density at radius 2 is 1.69 bits per heavy atom. The second-order valence-corrected chi connectivity index (χ2v) is 8.06. The Morgan fingerprint density at radius 3 is 2.43 bits per heavy atom. The van der Waals surface area contributed by atoms with E-state index in [1.54, 1.807) is 60.7 Å². The summed E-state index contributed by atoms with van der Waals surface area (Å²) >= 11 is 0. The van der Waals surface area contributed by atoms with Gasteiger partial charge in [0.1, 0.15) is 5.52 Å². The Morgan fingerprint density at radius 1 is 0.914 bits per heavy atom. The second kappa shape index (κ2) is 9.61. The smallest absolute Gasteiger partial charge is 0.300 e. The summed E-state index contributed by atoms with van der Waals surface area (Å²) in [6, 6.07) is 25.7. The minimum Gasteiger partial charge on any atom is -0.423 e. The number of rotatable bonds is 7. The molecule has 1 amide bonds. The molecule has 3 aromatic carbocycles. The number of ketones is 1. The number of fused-ring (bicyclic) bond motifs is 1. The number of carbonyl (C=O) groups is 2. The van der Waals surface area contributed by atoms with Gasteiger partial charge in [-0.3, -0.25) is 14.6 Å². The van der Waals surface area contributed by atoms with E-state index in [9.17, 15) is 9.59 Å². The Bertz CT molecular complexity index is 1480. The molecule has 2 aromatic heterocycles. The van der Waals surface area contributed by atoms with Crippen LogP contribution in [0.3, 0.4) is 0 Å². The molecule has 5 aromatic rings. The lowest BCUT2D eigenvalue weighted by Crippen LogP contribution is -2.27. The summed E-state index contributed by atoms with van der Waals surface area (Å²) in [5, 5.41) is 3.08. The zero-order valence-corrected chi connectivity index (χ0v) is 19.0. The van der Waals surface area contributed by atoms with Gasteiger partial charge >= 0.3 is 0 Å². The molecule has 0 aliphatic rings. The number of oxazole rings is 1. The summed E-state index contributed by atoms with van der Waals surface area (Å²) < 4.78 is 5.80. The molecule has 0 saturated heterocycles. The summed E-state index contributed by atoms with van der Waals surface area (Å²) in [4.78, 5) is 35.6. The number of hydrogen-bond donors (Lipinski definition) is 1. The molecule has 5 rings (SSSR count). The van der Waals surface area contributed by atoms with Crippen LogP contribution in [0.15, 0.2) is 102 Å². The molecule has 172 valence electrons. The fourth-order valence-electron chi connectivity index (χ4n) is 3.72. The van der Waals surface area contributed by atoms with Crippen LogP contribution in [0.1, 0.15) is 21.5 Å². The van der Waals surface area contributed by atoms with E-state index in [1.807, 2.05) is 48.5 Å². The summed E-state index contributed by atoms with van der Waals surface area (Å²) in [5.41, 5.74) is 4.79. The molecule has 1 N–H and O–H groups in total. The van der Waals surface area contributed by atoms with E-state index >= 15 is 0 Å². The fraction of sp³-hybridized carbons (Fsp3) is 0.0714. The molecule has 7 nitrogen and oxygen atoms in total. The number of amides is 1. The van der Waals surface area contributed by atoms with Gasteiger partial charge in [0.2, 0.25) is 5.91 Å². The molecule has 0 bridgehead atoms. The van der Waals surface area contributed by atoms with E-state index in [0.717, 1.165) is 11.3 Å². The van der Waals surface area contributed by atoms with Crippen molar-refractivity contribution in [2.75, 3.05) is 17.3 Å². The highest BCUT2D eigenvalue weighted by atomic mass is 16.4. The Labute approximate surface area is 202 Å². The zero-order chi connectivity index (χ0) is 24.2. The van der Waals surface area contributed by atoms with Crippen molar-refractivity contribution in [1.29, 1.82) is 0 Å². The first kappa shape index (κ1) is 22.0. The Balaban J connectivity index is 1.26. The van der Waals surface area contributed by atoms with Crippen LogP contribution in [0.2, 0.25) is 0 Å². The third-order valence-corrected chi connectivity index (χ3v) is 5.65. The second-order valence-electron chi connectivity index (χ2n) is 8.06. The third-order valence-electron chi connectivity index (χ3n) is 5.65. The van der Waals surface area contributed by atoms with E-state index in [1.165, 1.54) is 0 Å². The van der Waals surface area contributed by atoms with Crippen LogP contribution in [-0.2, 0) is 11.2 Å². The minimum absolute atomic E-state index is 0.0520. The highest BCUT2D eigenvalue weighted by molar-refractivity contribution is 6.09. The molecule has 2 heterocycles. The van der Waals surface area contributed by atoms with Gasteiger partial charge in [-0.05, 0) is 54.1 Å². The van der Waals surface area contributed by atoms with Gasteiger partial charge in [0, 0.05) is 30.1 Å². The molecule has 0 atom stereocenters.